The Morgan fingerprint density at radius 3 is 2.17 bits per heavy atom. The molecule has 3 aromatic carbocycles. The molecule has 7 nitrogen and oxygen atoms in total. The van der Waals surface area contributed by atoms with Crippen LogP contribution in [0.4, 0.5) is 32.4 Å². The van der Waals surface area contributed by atoms with Crippen molar-refractivity contribution in [2.24, 2.45) is 0 Å². The molecule has 0 atom stereocenters. The summed E-state index contributed by atoms with van der Waals surface area (Å²) in [5.41, 5.74) is -2.13. The molecule has 0 radical (unpaired) electrons. The number of methoxy groups -OCH3 is 1. The van der Waals surface area contributed by atoms with Crippen molar-refractivity contribution >= 4 is 29.4 Å². The predicted molar refractivity (Wildman–Crippen MR) is 141 cm³/mol. The first-order valence-electron chi connectivity index (χ1n) is 12.6. The highest BCUT2D eigenvalue weighted by Gasteiger charge is 2.52. The monoisotopic (exact) mass is 588 g/mol. The summed E-state index contributed by atoms with van der Waals surface area (Å²) in [5, 5.41) is 0. The van der Waals surface area contributed by atoms with Gasteiger partial charge in [-0.3, -0.25) is 9.59 Å². The van der Waals surface area contributed by atoms with Crippen LogP contribution >= 0.6 is 0 Å². The van der Waals surface area contributed by atoms with Crippen LogP contribution in [-0.2, 0) is 39.9 Å². The van der Waals surface area contributed by atoms with E-state index in [9.17, 15) is 41.1 Å². The molecule has 12 heteroatoms. The number of carbonyl (C=O) groups is 4. The van der Waals surface area contributed by atoms with Gasteiger partial charge in [0.25, 0.3) is 5.91 Å². The molecule has 3 aromatic rings. The summed E-state index contributed by atoms with van der Waals surface area (Å²) in [6.07, 6.45) is -5.32. The van der Waals surface area contributed by atoms with Crippen molar-refractivity contribution in [3.63, 3.8) is 0 Å². The number of anilines is 1. The SMILES string of the molecule is COC(=O)c1ccc(CC(=O)Cc2cc(F)ccc2CN2C(=O)N(c3ccc(F)c(C(F)(F)F)c3)C(=O)C2(C)C)cc1. The lowest BCUT2D eigenvalue weighted by Gasteiger charge is -2.28. The van der Waals surface area contributed by atoms with E-state index in [1.165, 1.54) is 39.2 Å². The van der Waals surface area contributed by atoms with Gasteiger partial charge in [-0.1, -0.05) is 18.2 Å². The molecule has 220 valence electrons. The summed E-state index contributed by atoms with van der Waals surface area (Å²) in [6, 6.07) is 10.7. The minimum absolute atomic E-state index is 0.0378. The Morgan fingerprint density at radius 2 is 1.55 bits per heavy atom. The summed E-state index contributed by atoms with van der Waals surface area (Å²) >= 11 is 0. The lowest BCUT2D eigenvalue weighted by atomic mass is 9.96. The van der Waals surface area contributed by atoms with Crippen molar-refractivity contribution in [3.05, 3.63) is 100 Å². The smallest absolute Gasteiger partial charge is 0.419 e. The first-order chi connectivity index (χ1) is 19.6. The number of esters is 1. The molecule has 0 aromatic heterocycles. The van der Waals surface area contributed by atoms with Crippen molar-refractivity contribution in [1.82, 2.24) is 4.90 Å². The minimum atomic E-state index is -5.06. The number of alkyl halides is 3. The normalized spacial score (nSPS) is 14.9. The summed E-state index contributed by atoms with van der Waals surface area (Å²) in [7, 11) is 1.24. The minimum Gasteiger partial charge on any atom is -0.465 e. The number of hydrogen-bond acceptors (Lipinski definition) is 5. The molecule has 1 fully saturated rings. The van der Waals surface area contributed by atoms with Gasteiger partial charge in [-0.05, 0) is 73.0 Å². The molecule has 0 unspecified atom stereocenters. The Balaban J connectivity index is 1.58. The second kappa shape index (κ2) is 11.3. The maximum Gasteiger partial charge on any atom is 0.419 e. The van der Waals surface area contributed by atoms with E-state index < -0.39 is 52.5 Å². The van der Waals surface area contributed by atoms with Crippen molar-refractivity contribution in [2.75, 3.05) is 12.0 Å². The van der Waals surface area contributed by atoms with Crippen LogP contribution in [0, 0.1) is 11.6 Å². The second-order valence-electron chi connectivity index (χ2n) is 10.2. The van der Waals surface area contributed by atoms with Gasteiger partial charge in [0.1, 0.15) is 23.0 Å². The Morgan fingerprint density at radius 1 is 0.881 bits per heavy atom. The highest BCUT2D eigenvalue weighted by molar-refractivity contribution is 6.23. The number of amides is 3. The van der Waals surface area contributed by atoms with E-state index in [2.05, 4.69) is 4.74 Å². The average Bonchev–Trinajstić information content (AvgIpc) is 3.08. The third-order valence-electron chi connectivity index (χ3n) is 7.00. The molecule has 0 bridgehead atoms. The van der Waals surface area contributed by atoms with Crippen LogP contribution < -0.4 is 4.90 Å². The molecule has 3 amide bonds. The molecular weight excluding hydrogens is 563 g/mol. The number of halogens is 5. The van der Waals surface area contributed by atoms with Crippen molar-refractivity contribution in [1.29, 1.82) is 0 Å². The van der Waals surface area contributed by atoms with Crippen LogP contribution in [0.5, 0.6) is 0 Å². The van der Waals surface area contributed by atoms with Crippen LogP contribution in [0.15, 0.2) is 60.7 Å². The number of hydrogen-bond donors (Lipinski definition) is 0. The van der Waals surface area contributed by atoms with E-state index in [4.69, 9.17) is 0 Å². The number of imide groups is 1. The van der Waals surface area contributed by atoms with Crippen LogP contribution in [0.1, 0.15) is 46.5 Å². The Labute approximate surface area is 237 Å². The van der Waals surface area contributed by atoms with E-state index in [1.54, 1.807) is 12.1 Å². The maximum atomic E-state index is 14.2. The highest BCUT2D eigenvalue weighted by Crippen LogP contribution is 2.38. The number of benzene rings is 3. The quantitative estimate of drug-likeness (QED) is 0.187. The summed E-state index contributed by atoms with van der Waals surface area (Å²) in [6.45, 7) is 2.53. The first-order valence-corrected chi connectivity index (χ1v) is 12.6. The van der Waals surface area contributed by atoms with Crippen molar-refractivity contribution in [2.45, 2.75) is 44.9 Å². The number of rotatable bonds is 8. The zero-order chi connectivity index (χ0) is 31.0. The molecule has 1 aliphatic rings. The van der Waals surface area contributed by atoms with Gasteiger partial charge in [0.2, 0.25) is 0 Å². The Bertz CT molecular complexity index is 1570. The number of nitrogens with zero attached hydrogens (tertiary/aromatic N) is 2. The third kappa shape index (κ3) is 6.02. The topological polar surface area (TPSA) is 84.0 Å². The van der Waals surface area contributed by atoms with E-state index in [1.807, 2.05) is 0 Å². The van der Waals surface area contributed by atoms with Crippen LogP contribution in [-0.4, -0.2) is 41.2 Å². The third-order valence-corrected chi connectivity index (χ3v) is 7.00. The standard InChI is InChI=1S/C30H25F5N2O5/c1-29(2)27(40)37(22-10-11-25(32)24(15-22)30(33,34)35)28(41)36(29)16-19-8-9-21(31)13-20(19)14-23(38)12-17-4-6-18(7-5-17)26(39)42-3/h4-11,13,15H,12,14,16H2,1-3H3. The maximum absolute atomic E-state index is 14.2. The summed E-state index contributed by atoms with van der Waals surface area (Å²) in [5.74, 6) is -3.87. The molecule has 0 spiro atoms. The molecule has 0 N–H and O–H groups in total. The average molecular weight is 589 g/mol. The van der Waals surface area contributed by atoms with E-state index in [0.717, 1.165) is 23.1 Å². The van der Waals surface area contributed by atoms with Gasteiger partial charge in [0.15, 0.2) is 0 Å². The van der Waals surface area contributed by atoms with Gasteiger partial charge in [-0.25, -0.2) is 23.3 Å². The number of carbonyl (C=O) groups excluding carboxylic acids is 4. The Kier molecular flexibility index (Phi) is 8.20. The van der Waals surface area contributed by atoms with Crippen molar-refractivity contribution in [3.8, 4) is 0 Å². The van der Waals surface area contributed by atoms with Gasteiger partial charge in [-0.2, -0.15) is 13.2 Å². The lowest BCUT2D eigenvalue weighted by Crippen LogP contribution is -2.43. The van der Waals surface area contributed by atoms with E-state index in [0.29, 0.717) is 33.7 Å². The van der Waals surface area contributed by atoms with E-state index in [-0.39, 0.29) is 30.7 Å². The van der Waals surface area contributed by atoms with Crippen molar-refractivity contribution < 1.29 is 45.9 Å². The van der Waals surface area contributed by atoms with Gasteiger partial charge in [-0.15, -0.1) is 0 Å². The summed E-state index contributed by atoms with van der Waals surface area (Å²) < 4.78 is 72.6. The van der Waals surface area contributed by atoms with Gasteiger partial charge >= 0.3 is 18.2 Å². The molecular formula is C30H25F5N2O5. The van der Waals surface area contributed by atoms with E-state index >= 15 is 0 Å². The fourth-order valence-corrected chi connectivity index (χ4v) is 4.66. The second-order valence-corrected chi connectivity index (χ2v) is 10.2. The predicted octanol–water partition coefficient (Wildman–Crippen LogP) is 5.87. The van der Waals surface area contributed by atoms with Crippen LogP contribution in [0.25, 0.3) is 0 Å². The molecule has 0 saturated carbocycles. The van der Waals surface area contributed by atoms with Gasteiger partial charge in [0.05, 0.1) is 23.9 Å². The largest absolute Gasteiger partial charge is 0.465 e. The fourth-order valence-electron chi connectivity index (χ4n) is 4.66. The van der Waals surface area contributed by atoms with Crippen LogP contribution in [0.3, 0.4) is 0 Å². The van der Waals surface area contributed by atoms with Gasteiger partial charge < -0.3 is 9.64 Å². The fraction of sp³-hybridized carbons (Fsp3) is 0.267. The zero-order valence-corrected chi connectivity index (χ0v) is 22.7. The molecule has 0 aliphatic carbocycles. The molecule has 1 heterocycles. The Hall–Kier alpha value is -4.61. The molecule has 42 heavy (non-hydrogen) atoms. The van der Waals surface area contributed by atoms with Crippen LogP contribution in [0.2, 0.25) is 0 Å². The lowest BCUT2D eigenvalue weighted by molar-refractivity contribution is -0.140. The van der Waals surface area contributed by atoms with Gasteiger partial charge in [0, 0.05) is 19.4 Å². The number of ether oxygens (including phenoxy) is 1. The zero-order valence-electron chi connectivity index (χ0n) is 22.7. The summed E-state index contributed by atoms with van der Waals surface area (Å²) in [4.78, 5) is 52.8. The molecule has 4 rings (SSSR count). The first kappa shape index (κ1) is 30.4. The highest BCUT2D eigenvalue weighted by atomic mass is 19.4. The molecule has 1 saturated heterocycles. The number of ketones is 1. The number of Topliss-reactive ketones (excluding diaryl/α,β-unsaturated/α-hetero) is 1. The number of urea groups is 1. The molecule has 1 aliphatic heterocycles.